The van der Waals surface area contributed by atoms with E-state index < -0.39 is 17.7 Å². The number of carbonyl (C=O) groups excluding carboxylic acids is 2. The van der Waals surface area contributed by atoms with E-state index in [0.717, 1.165) is 0 Å². The third-order valence-corrected chi connectivity index (χ3v) is 4.18. The van der Waals surface area contributed by atoms with E-state index in [2.05, 4.69) is 15.9 Å². The summed E-state index contributed by atoms with van der Waals surface area (Å²) in [6.45, 7) is 8.98. The highest BCUT2D eigenvalue weighted by Gasteiger charge is 2.39. The maximum Gasteiger partial charge on any atom is 0.326 e. The Balaban J connectivity index is 2.44. The average Bonchev–Trinajstić information content (AvgIpc) is 2.47. The Morgan fingerprint density at radius 2 is 2.00 bits per heavy atom. The van der Waals surface area contributed by atoms with Crippen molar-refractivity contribution >= 4 is 33.5 Å². The van der Waals surface area contributed by atoms with Crippen LogP contribution >= 0.6 is 15.9 Å². The van der Waals surface area contributed by atoms with Crippen molar-refractivity contribution in [2.24, 2.45) is 5.92 Å². The molecular weight excluding hydrogens is 390 g/mol. The molecule has 0 fully saturated rings. The lowest BCUT2D eigenvalue weighted by molar-refractivity contribution is -0.154. The summed E-state index contributed by atoms with van der Waals surface area (Å²) in [4.78, 5) is 26.6. The summed E-state index contributed by atoms with van der Waals surface area (Å²) in [5, 5.41) is 0. The molecule has 0 saturated heterocycles. The van der Waals surface area contributed by atoms with E-state index in [9.17, 15) is 9.59 Å². The summed E-state index contributed by atoms with van der Waals surface area (Å²) in [6, 6.07) is 3.44. The molecule has 1 amide bonds. The lowest BCUT2D eigenvalue weighted by Gasteiger charge is -2.36. The minimum Gasteiger partial charge on any atom is -0.497 e. The lowest BCUT2D eigenvalue weighted by atomic mass is 10.0. The van der Waals surface area contributed by atoms with E-state index in [1.165, 1.54) is 12.0 Å². The molecule has 1 aliphatic heterocycles. The first-order valence-corrected chi connectivity index (χ1v) is 8.90. The normalized spacial score (nSPS) is 17.2. The van der Waals surface area contributed by atoms with Crippen molar-refractivity contribution in [2.75, 3.05) is 18.6 Å². The second-order valence-corrected chi connectivity index (χ2v) is 8.11. The molecule has 1 aromatic rings. The predicted molar refractivity (Wildman–Crippen MR) is 98.1 cm³/mol. The van der Waals surface area contributed by atoms with Gasteiger partial charge in [-0.3, -0.25) is 14.5 Å². The molecule has 1 atom stereocenters. The molecule has 1 aromatic carbocycles. The Hall–Kier alpha value is -1.76. The van der Waals surface area contributed by atoms with Gasteiger partial charge in [0.25, 0.3) is 5.91 Å². The van der Waals surface area contributed by atoms with Gasteiger partial charge in [-0.15, -0.1) is 0 Å². The maximum absolute atomic E-state index is 12.9. The molecule has 1 heterocycles. The SMILES string of the molecule is COc1cc(Br)c2c(c1)N(CC(=O)OC(C)(C)C)C(=O)[C@H](C(C)C)O2. The van der Waals surface area contributed by atoms with E-state index in [0.29, 0.717) is 21.7 Å². The van der Waals surface area contributed by atoms with Crippen LogP contribution in [-0.4, -0.2) is 37.2 Å². The van der Waals surface area contributed by atoms with Gasteiger partial charge in [-0.2, -0.15) is 0 Å². The van der Waals surface area contributed by atoms with Crippen LogP contribution in [-0.2, 0) is 14.3 Å². The molecule has 1 aliphatic rings. The zero-order chi connectivity index (χ0) is 18.9. The number of halogens is 1. The highest BCUT2D eigenvalue weighted by molar-refractivity contribution is 9.10. The number of anilines is 1. The van der Waals surface area contributed by atoms with Gasteiger partial charge in [-0.1, -0.05) is 13.8 Å². The van der Waals surface area contributed by atoms with Gasteiger partial charge < -0.3 is 14.2 Å². The fraction of sp³-hybridized carbons (Fsp3) is 0.556. The second-order valence-electron chi connectivity index (χ2n) is 7.25. The fourth-order valence-corrected chi connectivity index (χ4v) is 3.05. The number of nitrogens with zero attached hydrogens (tertiary/aromatic N) is 1. The molecule has 0 aromatic heterocycles. The quantitative estimate of drug-likeness (QED) is 0.706. The van der Waals surface area contributed by atoms with Crippen LogP contribution in [0.4, 0.5) is 5.69 Å². The average molecular weight is 414 g/mol. The Morgan fingerprint density at radius 1 is 1.36 bits per heavy atom. The van der Waals surface area contributed by atoms with Gasteiger partial charge in [0.2, 0.25) is 0 Å². The fourth-order valence-electron chi connectivity index (χ4n) is 2.53. The first-order valence-electron chi connectivity index (χ1n) is 8.11. The Kier molecular flexibility index (Phi) is 5.66. The van der Waals surface area contributed by atoms with Crippen LogP contribution in [0.2, 0.25) is 0 Å². The molecule has 0 unspecified atom stereocenters. The molecule has 0 saturated carbocycles. The molecule has 0 radical (unpaired) electrons. The van der Waals surface area contributed by atoms with Crippen LogP contribution in [0, 0.1) is 5.92 Å². The molecular formula is C18H24BrNO5. The number of carbonyl (C=O) groups is 2. The molecule has 25 heavy (non-hydrogen) atoms. The van der Waals surface area contributed by atoms with Crippen molar-refractivity contribution in [3.05, 3.63) is 16.6 Å². The van der Waals surface area contributed by atoms with Gasteiger partial charge in [0.05, 0.1) is 17.3 Å². The standard InChI is InChI=1S/C18H24BrNO5/c1-10(2)15-17(22)20(9-14(21)25-18(3,4)5)13-8-11(23-6)7-12(19)16(13)24-15/h7-8,10,15H,9H2,1-6H3/t15-/m0/s1. The van der Waals surface area contributed by atoms with Crippen LogP contribution in [0.1, 0.15) is 34.6 Å². The maximum atomic E-state index is 12.9. The Labute approximate surface area is 156 Å². The molecule has 2 rings (SSSR count). The number of esters is 1. The first-order chi connectivity index (χ1) is 11.5. The Morgan fingerprint density at radius 3 is 2.52 bits per heavy atom. The zero-order valence-electron chi connectivity index (χ0n) is 15.4. The summed E-state index contributed by atoms with van der Waals surface area (Å²) in [5.41, 5.74) is -0.138. The van der Waals surface area contributed by atoms with Crippen molar-refractivity contribution in [1.82, 2.24) is 0 Å². The van der Waals surface area contributed by atoms with Gasteiger partial charge in [-0.25, -0.2) is 0 Å². The topological polar surface area (TPSA) is 65.1 Å². The highest BCUT2D eigenvalue weighted by atomic mass is 79.9. The van der Waals surface area contributed by atoms with E-state index in [1.54, 1.807) is 32.9 Å². The zero-order valence-corrected chi connectivity index (χ0v) is 17.0. The number of amides is 1. The van der Waals surface area contributed by atoms with Gasteiger partial charge in [-0.05, 0) is 48.7 Å². The lowest BCUT2D eigenvalue weighted by Crippen LogP contribution is -2.50. The molecule has 0 aliphatic carbocycles. The van der Waals surface area contributed by atoms with Crippen LogP contribution in [0.25, 0.3) is 0 Å². The molecule has 0 N–H and O–H groups in total. The summed E-state index contributed by atoms with van der Waals surface area (Å²) in [7, 11) is 1.54. The number of methoxy groups -OCH3 is 1. The second kappa shape index (κ2) is 7.23. The highest BCUT2D eigenvalue weighted by Crippen LogP contribution is 2.44. The number of benzene rings is 1. The third kappa shape index (κ3) is 4.45. The smallest absolute Gasteiger partial charge is 0.326 e. The molecule has 6 nitrogen and oxygen atoms in total. The van der Waals surface area contributed by atoms with Crippen molar-refractivity contribution < 1.29 is 23.8 Å². The number of ether oxygens (including phenoxy) is 3. The van der Waals surface area contributed by atoms with E-state index >= 15 is 0 Å². The minimum absolute atomic E-state index is 0.0456. The predicted octanol–water partition coefficient (Wildman–Crippen LogP) is 3.55. The summed E-state index contributed by atoms with van der Waals surface area (Å²) in [6.07, 6.45) is -0.667. The van der Waals surface area contributed by atoms with Crippen molar-refractivity contribution in [3.63, 3.8) is 0 Å². The van der Waals surface area contributed by atoms with Crippen molar-refractivity contribution in [2.45, 2.75) is 46.3 Å². The van der Waals surface area contributed by atoms with Crippen LogP contribution in [0.15, 0.2) is 16.6 Å². The van der Waals surface area contributed by atoms with Crippen LogP contribution in [0.5, 0.6) is 11.5 Å². The number of rotatable bonds is 4. The van der Waals surface area contributed by atoms with Crippen molar-refractivity contribution in [1.29, 1.82) is 0 Å². The number of hydrogen-bond donors (Lipinski definition) is 0. The van der Waals surface area contributed by atoms with E-state index in [-0.39, 0.29) is 18.4 Å². The Bertz CT molecular complexity index is 681. The molecule has 7 heteroatoms. The molecule has 0 spiro atoms. The third-order valence-electron chi connectivity index (χ3n) is 3.59. The summed E-state index contributed by atoms with van der Waals surface area (Å²) < 4.78 is 17.2. The number of hydrogen-bond acceptors (Lipinski definition) is 5. The van der Waals surface area contributed by atoms with Gasteiger partial charge in [0, 0.05) is 6.07 Å². The first kappa shape index (κ1) is 19.6. The summed E-state index contributed by atoms with van der Waals surface area (Å²) >= 11 is 3.45. The van der Waals surface area contributed by atoms with E-state index in [1.807, 2.05) is 13.8 Å². The van der Waals surface area contributed by atoms with Crippen molar-refractivity contribution in [3.8, 4) is 11.5 Å². The monoisotopic (exact) mass is 413 g/mol. The molecule has 138 valence electrons. The minimum atomic E-state index is -0.667. The number of fused-ring (bicyclic) bond motifs is 1. The van der Waals surface area contributed by atoms with Gasteiger partial charge in [0.1, 0.15) is 17.9 Å². The summed E-state index contributed by atoms with van der Waals surface area (Å²) in [5.74, 6) is 0.279. The van der Waals surface area contributed by atoms with Gasteiger partial charge >= 0.3 is 5.97 Å². The largest absolute Gasteiger partial charge is 0.497 e. The van der Waals surface area contributed by atoms with Gasteiger partial charge in [0.15, 0.2) is 11.9 Å². The molecule has 0 bridgehead atoms. The van der Waals surface area contributed by atoms with Crippen LogP contribution < -0.4 is 14.4 Å². The van der Waals surface area contributed by atoms with Crippen LogP contribution in [0.3, 0.4) is 0 Å². The van der Waals surface area contributed by atoms with E-state index in [4.69, 9.17) is 14.2 Å².